The summed E-state index contributed by atoms with van der Waals surface area (Å²) in [5, 5.41) is 3.37. The zero-order valence-electron chi connectivity index (χ0n) is 18.8. The number of esters is 1. The maximum absolute atomic E-state index is 13.4. The highest BCUT2D eigenvalue weighted by Crippen LogP contribution is 2.48. The third-order valence-corrected chi connectivity index (χ3v) is 6.61. The lowest BCUT2D eigenvalue weighted by Gasteiger charge is -2.39. The van der Waals surface area contributed by atoms with Crippen LogP contribution in [0.15, 0.2) is 40.7 Å². The van der Waals surface area contributed by atoms with Gasteiger partial charge in [0.25, 0.3) is 0 Å². The monoisotopic (exact) mass is 439 g/mol. The molecule has 1 saturated heterocycles. The largest absolute Gasteiger partial charge is 0.459 e. The summed E-state index contributed by atoms with van der Waals surface area (Å²) >= 11 is 0. The van der Waals surface area contributed by atoms with Crippen LogP contribution in [0.1, 0.15) is 57.9 Å². The van der Waals surface area contributed by atoms with E-state index < -0.39 is 11.9 Å². The molecule has 170 valence electrons. The van der Waals surface area contributed by atoms with Crippen molar-refractivity contribution in [2.24, 2.45) is 5.41 Å². The average Bonchev–Trinajstić information content (AvgIpc) is 3.41. The van der Waals surface area contributed by atoms with Gasteiger partial charge in [0.1, 0.15) is 6.61 Å². The van der Waals surface area contributed by atoms with E-state index in [2.05, 4.69) is 19.2 Å². The van der Waals surface area contributed by atoms with E-state index in [0.29, 0.717) is 41.4 Å². The molecular formula is C25H29NO6. The predicted molar refractivity (Wildman–Crippen MR) is 116 cm³/mol. The first-order chi connectivity index (χ1) is 15.3. The van der Waals surface area contributed by atoms with E-state index in [1.807, 2.05) is 25.1 Å². The number of allylic oxidation sites excluding steroid dienone is 3. The number of dihydropyridines is 1. The summed E-state index contributed by atoms with van der Waals surface area (Å²) in [5.41, 5.74) is 3.41. The molecule has 0 aromatic heterocycles. The van der Waals surface area contributed by atoms with Crippen molar-refractivity contribution in [3.8, 4) is 11.5 Å². The Hall–Kier alpha value is -2.80. The van der Waals surface area contributed by atoms with E-state index in [1.54, 1.807) is 0 Å². The molecule has 7 nitrogen and oxygen atoms in total. The molecule has 3 heterocycles. The third kappa shape index (κ3) is 3.79. The standard InChI is InChI=1S/C25H29NO6/c1-14-21(24(28)30-12-16-5-4-8-29-16)22(15-6-7-19-20(9-15)32-13-31-19)23-17(26-14)10-25(2,3)11-18(23)27/h6-7,9,16,22,26H,4-5,8,10-13H2,1-3H3/t16-,22+/m0/s1. The molecule has 0 spiro atoms. The van der Waals surface area contributed by atoms with Gasteiger partial charge in [0.2, 0.25) is 6.79 Å². The minimum atomic E-state index is -0.513. The van der Waals surface area contributed by atoms with Crippen LogP contribution >= 0.6 is 0 Å². The molecule has 2 atom stereocenters. The Bertz CT molecular complexity index is 1030. The maximum atomic E-state index is 13.4. The summed E-state index contributed by atoms with van der Waals surface area (Å²) in [6.07, 6.45) is 2.98. The van der Waals surface area contributed by atoms with E-state index in [-0.39, 0.29) is 30.7 Å². The van der Waals surface area contributed by atoms with Gasteiger partial charge in [-0.2, -0.15) is 0 Å². The van der Waals surface area contributed by atoms with E-state index in [9.17, 15) is 9.59 Å². The van der Waals surface area contributed by atoms with Gasteiger partial charge in [0.15, 0.2) is 17.3 Å². The van der Waals surface area contributed by atoms with Crippen molar-refractivity contribution in [3.63, 3.8) is 0 Å². The fourth-order valence-corrected chi connectivity index (χ4v) is 5.15. The number of ketones is 1. The molecule has 0 saturated carbocycles. The Morgan fingerprint density at radius 3 is 2.81 bits per heavy atom. The Labute approximate surface area is 187 Å². The van der Waals surface area contributed by atoms with Crippen LogP contribution in [-0.4, -0.2) is 37.9 Å². The van der Waals surface area contributed by atoms with Crippen LogP contribution in [0.4, 0.5) is 0 Å². The second-order valence-electron chi connectivity index (χ2n) is 9.78. The van der Waals surface area contributed by atoms with Gasteiger partial charge >= 0.3 is 5.97 Å². The average molecular weight is 440 g/mol. The lowest BCUT2D eigenvalue weighted by atomic mass is 9.68. The molecule has 1 fully saturated rings. The molecule has 5 rings (SSSR count). The van der Waals surface area contributed by atoms with Crippen molar-refractivity contribution in [1.82, 2.24) is 5.32 Å². The summed E-state index contributed by atoms with van der Waals surface area (Å²) in [7, 11) is 0. The van der Waals surface area contributed by atoms with Crippen LogP contribution in [0, 0.1) is 5.41 Å². The van der Waals surface area contributed by atoms with Crippen LogP contribution < -0.4 is 14.8 Å². The molecule has 1 aliphatic carbocycles. The molecular weight excluding hydrogens is 410 g/mol. The molecule has 0 unspecified atom stereocenters. The number of ether oxygens (including phenoxy) is 4. The van der Waals surface area contributed by atoms with Crippen molar-refractivity contribution in [1.29, 1.82) is 0 Å². The van der Waals surface area contributed by atoms with Crippen LogP contribution in [-0.2, 0) is 19.1 Å². The Morgan fingerprint density at radius 1 is 1.22 bits per heavy atom. The summed E-state index contributed by atoms with van der Waals surface area (Å²) in [6, 6.07) is 5.61. The number of nitrogens with one attached hydrogen (secondary N) is 1. The first-order valence-electron chi connectivity index (χ1n) is 11.2. The van der Waals surface area contributed by atoms with E-state index in [4.69, 9.17) is 18.9 Å². The first kappa shape index (κ1) is 21.1. The van der Waals surface area contributed by atoms with Crippen molar-refractivity contribution >= 4 is 11.8 Å². The van der Waals surface area contributed by atoms with Gasteiger partial charge in [-0.15, -0.1) is 0 Å². The highest BCUT2D eigenvalue weighted by atomic mass is 16.7. The molecule has 0 amide bonds. The summed E-state index contributed by atoms with van der Waals surface area (Å²) < 4.78 is 22.3. The zero-order chi connectivity index (χ0) is 22.5. The highest BCUT2D eigenvalue weighted by molar-refractivity contribution is 6.04. The Kier molecular flexibility index (Phi) is 5.24. The Balaban J connectivity index is 1.54. The molecule has 3 aliphatic heterocycles. The van der Waals surface area contributed by atoms with Crippen molar-refractivity contribution in [2.45, 2.75) is 58.5 Å². The van der Waals surface area contributed by atoms with Gasteiger partial charge in [-0.25, -0.2) is 4.79 Å². The molecule has 32 heavy (non-hydrogen) atoms. The molecule has 1 N–H and O–H groups in total. The van der Waals surface area contributed by atoms with Crippen LogP contribution in [0.2, 0.25) is 0 Å². The van der Waals surface area contributed by atoms with Gasteiger partial charge in [0.05, 0.1) is 11.7 Å². The van der Waals surface area contributed by atoms with Crippen molar-refractivity contribution < 1.29 is 28.5 Å². The number of carbonyl (C=O) groups excluding carboxylic acids is 2. The van der Waals surface area contributed by atoms with Gasteiger partial charge in [-0.1, -0.05) is 19.9 Å². The number of hydrogen-bond acceptors (Lipinski definition) is 7. The fraction of sp³-hybridized carbons (Fsp3) is 0.520. The topological polar surface area (TPSA) is 83.1 Å². The number of benzene rings is 1. The van der Waals surface area contributed by atoms with Gasteiger partial charge in [0, 0.05) is 35.9 Å². The summed E-state index contributed by atoms with van der Waals surface area (Å²) in [4.78, 5) is 26.7. The quantitative estimate of drug-likeness (QED) is 0.716. The van der Waals surface area contributed by atoms with E-state index >= 15 is 0 Å². The zero-order valence-corrected chi connectivity index (χ0v) is 18.8. The number of Topliss-reactive ketones (excluding diaryl/α,β-unsaturated/α-hetero) is 1. The van der Waals surface area contributed by atoms with Gasteiger partial charge in [-0.05, 0) is 49.3 Å². The van der Waals surface area contributed by atoms with Crippen molar-refractivity contribution in [3.05, 3.63) is 46.3 Å². The smallest absolute Gasteiger partial charge is 0.336 e. The second kappa shape index (κ2) is 7.96. The first-order valence-corrected chi connectivity index (χ1v) is 11.2. The van der Waals surface area contributed by atoms with E-state index in [0.717, 1.165) is 30.5 Å². The number of rotatable bonds is 4. The van der Waals surface area contributed by atoms with Crippen LogP contribution in [0.5, 0.6) is 11.5 Å². The normalized spacial score (nSPS) is 26.2. The Morgan fingerprint density at radius 2 is 2.03 bits per heavy atom. The number of fused-ring (bicyclic) bond motifs is 1. The van der Waals surface area contributed by atoms with E-state index in [1.165, 1.54) is 0 Å². The molecule has 4 aliphatic rings. The number of hydrogen-bond donors (Lipinski definition) is 1. The minimum Gasteiger partial charge on any atom is -0.459 e. The minimum absolute atomic E-state index is 0.0587. The third-order valence-electron chi connectivity index (χ3n) is 6.61. The summed E-state index contributed by atoms with van der Waals surface area (Å²) in [5.74, 6) is 0.412. The predicted octanol–water partition coefficient (Wildman–Crippen LogP) is 3.74. The van der Waals surface area contributed by atoms with Gasteiger partial charge in [-0.3, -0.25) is 4.79 Å². The maximum Gasteiger partial charge on any atom is 0.336 e. The highest BCUT2D eigenvalue weighted by Gasteiger charge is 2.43. The fourth-order valence-electron chi connectivity index (χ4n) is 5.15. The number of carbonyl (C=O) groups is 2. The molecule has 0 bridgehead atoms. The molecule has 1 aromatic carbocycles. The summed E-state index contributed by atoms with van der Waals surface area (Å²) in [6.45, 7) is 7.14. The lowest BCUT2D eigenvalue weighted by molar-refractivity contribution is -0.142. The lowest BCUT2D eigenvalue weighted by Crippen LogP contribution is -2.39. The van der Waals surface area contributed by atoms with Crippen molar-refractivity contribution in [2.75, 3.05) is 20.0 Å². The van der Waals surface area contributed by atoms with Crippen LogP contribution in [0.3, 0.4) is 0 Å². The van der Waals surface area contributed by atoms with Crippen LogP contribution in [0.25, 0.3) is 0 Å². The SMILES string of the molecule is CC1=C(C(=O)OC[C@@H]2CCCO2)[C@@H](c2ccc3c(c2)OCO3)C2=C(CC(C)(C)CC2=O)N1. The van der Waals surface area contributed by atoms with Gasteiger partial charge < -0.3 is 24.3 Å². The molecule has 7 heteroatoms. The molecule has 0 radical (unpaired) electrons. The molecule has 1 aromatic rings. The second-order valence-corrected chi connectivity index (χ2v) is 9.78.